The molecule has 0 unspecified atom stereocenters. The lowest BCUT2D eigenvalue weighted by atomic mass is 10.0. The monoisotopic (exact) mass is 563 g/mol. The van der Waals surface area contributed by atoms with Gasteiger partial charge in [-0.25, -0.2) is 9.97 Å². The van der Waals surface area contributed by atoms with Crippen LogP contribution in [0.5, 0.6) is 0 Å². The molecule has 206 valence electrons. The molecule has 0 saturated carbocycles. The molecule has 6 aromatic carbocycles. The van der Waals surface area contributed by atoms with Crippen molar-refractivity contribution in [2.45, 2.75) is 0 Å². The molecule has 0 spiro atoms. The van der Waals surface area contributed by atoms with E-state index in [0.717, 1.165) is 61.2 Å². The average molecular weight is 564 g/mol. The molecule has 44 heavy (non-hydrogen) atoms. The molecule has 0 atom stereocenters. The molecule has 3 aromatic heterocycles. The molecule has 0 N–H and O–H groups in total. The number of nitrogens with zero attached hydrogens (tertiary/aromatic N) is 3. The summed E-state index contributed by atoms with van der Waals surface area (Å²) < 4.78 is 8.73. The Labute approximate surface area is 253 Å². The summed E-state index contributed by atoms with van der Waals surface area (Å²) in [6.07, 6.45) is 0. The fourth-order valence-electron chi connectivity index (χ4n) is 6.38. The van der Waals surface area contributed by atoms with E-state index < -0.39 is 0 Å². The lowest BCUT2D eigenvalue weighted by Gasteiger charge is -2.11. The minimum atomic E-state index is 0.637. The Balaban J connectivity index is 1.29. The zero-order valence-corrected chi connectivity index (χ0v) is 23.7. The summed E-state index contributed by atoms with van der Waals surface area (Å²) in [5, 5.41) is 4.54. The van der Waals surface area contributed by atoms with Gasteiger partial charge in [0.15, 0.2) is 5.82 Å². The van der Waals surface area contributed by atoms with Gasteiger partial charge >= 0.3 is 0 Å². The molecule has 0 saturated heterocycles. The fourth-order valence-corrected chi connectivity index (χ4v) is 6.38. The van der Waals surface area contributed by atoms with Crippen LogP contribution in [0.2, 0.25) is 0 Å². The van der Waals surface area contributed by atoms with E-state index in [1.165, 1.54) is 16.3 Å². The second-order valence-corrected chi connectivity index (χ2v) is 11.0. The molecule has 0 bridgehead atoms. The summed E-state index contributed by atoms with van der Waals surface area (Å²) in [6, 6.07) is 52.5. The Hall–Kier alpha value is -6.00. The van der Waals surface area contributed by atoms with Crippen molar-refractivity contribution in [1.82, 2.24) is 14.5 Å². The number of para-hydroxylation sites is 4. The van der Waals surface area contributed by atoms with E-state index in [2.05, 4.69) is 120 Å². The first kappa shape index (κ1) is 24.6. The van der Waals surface area contributed by atoms with Gasteiger partial charge in [0.25, 0.3) is 0 Å². The summed E-state index contributed by atoms with van der Waals surface area (Å²) in [6.45, 7) is 0. The van der Waals surface area contributed by atoms with Crippen molar-refractivity contribution in [2.24, 2.45) is 0 Å². The van der Waals surface area contributed by atoms with Crippen LogP contribution >= 0.6 is 0 Å². The van der Waals surface area contributed by atoms with Crippen molar-refractivity contribution in [1.29, 1.82) is 0 Å². The van der Waals surface area contributed by atoms with Crippen LogP contribution in [0.25, 0.3) is 83.3 Å². The molecule has 9 aromatic rings. The van der Waals surface area contributed by atoms with Crippen molar-refractivity contribution in [3.05, 3.63) is 152 Å². The zero-order chi connectivity index (χ0) is 29.0. The van der Waals surface area contributed by atoms with Crippen molar-refractivity contribution in [3.8, 4) is 39.6 Å². The maximum atomic E-state index is 6.40. The second-order valence-electron chi connectivity index (χ2n) is 11.0. The molecule has 0 amide bonds. The first-order valence-corrected chi connectivity index (χ1v) is 14.8. The third kappa shape index (κ3) is 3.85. The van der Waals surface area contributed by atoms with Crippen LogP contribution in [0.15, 0.2) is 156 Å². The van der Waals surface area contributed by atoms with Gasteiger partial charge in [-0.1, -0.05) is 103 Å². The maximum Gasteiger partial charge on any atom is 0.164 e. The van der Waals surface area contributed by atoms with Crippen molar-refractivity contribution in [3.63, 3.8) is 0 Å². The van der Waals surface area contributed by atoms with Crippen molar-refractivity contribution < 1.29 is 4.42 Å². The third-order valence-corrected chi connectivity index (χ3v) is 8.42. The number of hydrogen-bond acceptors (Lipinski definition) is 3. The molecular weight excluding hydrogens is 538 g/mol. The second kappa shape index (κ2) is 9.79. The number of hydrogen-bond donors (Lipinski definition) is 0. The highest BCUT2D eigenvalue weighted by atomic mass is 16.3. The topological polar surface area (TPSA) is 43.9 Å². The van der Waals surface area contributed by atoms with Gasteiger partial charge in [-0.15, -0.1) is 0 Å². The predicted octanol–water partition coefficient (Wildman–Crippen LogP) is 10.5. The standard InChI is InChI=1S/C40H25N3O/c1-3-12-26(13-4-1)34-25-35(42-40(41-34)32-19-11-18-31-30-17-8-10-21-38(30)44-39(31)32)27-22-23-37-33(24-27)29-16-7-9-20-36(29)43(37)28-14-5-2-6-15-28/h1-25H. The van der Waals surface area contributed by atoms with Gasteiger partial charge < -0.3 is 8.98 Å². The van der Waals surface area contributed by atoms with Crippen molar-refractivity contribution in [2.75, 3.05) is 0 Å². The van der Waals surface area contributed by atoms with Crippen molar-refractivity contribution >= 4 is 43.7 Å². The quantitative estimate of drug-likeness (QED) is 0.214. The van der Waals surface area contributed by atoms with Gasteiger partial charge in [0, 0.05) is 38.4 Å². The number of aromatic nitrogens is 3. The highest BCUT2D eigenvalue weighted by Crippen LogP contribution is 2.38. The molecule has 3 heterocycles. The van der Waals surface area contributed by atoms with Gasteiger partial charge in [-0.05, 0) is 48.5 Å². The summed E-state index contributed by atoms with van der Waals surface area (Å²) in [4.78, 5) is 10.3. The van der Waals surface area contributed by atoms with E-state index in [1.54, 1.807) is 0 Å². The Morgan fingerprint density at radius 3 is 1.95 bits per heavy atom. The number of fused-ring (bicyclic) bond motifs is 6. The highest BCUT2D eigenvalue weighted by Gasteiger charge is 2.18. The summed E-state index contributed by atoms with van der Waals surface area (Å²) >= 11 is 0. The maximum absolute atomic E-state index is 6.40. The van der Waals surface area contributed by atoms with Crippen LogP contribution in [0.1, 0.15) is 0 Å². The molecule has 0 aliphatic heterocycles. The highest BCUT2D eigenvalue weighted by molar-refractivity contribution is 6.11. The third-order valence-electron chi connectivity index (χ3n) is 8.42. The van der Waals surface area contributed by atoms with Crippen LogP contribution in [0.3, 0.4) is 0 Å². The minimum Gasteiger partial charge on any atom is -0.455 e. The Bertz CT molecular complexity index is 2490. The normalized spacial score (nSPS) is 11.6. The van der Waals surface area contributed by atoms with Crippen LogP contribution in [0.4, 0.5) is 0 Å². The molecule has 0 aliphatic rings. The first-order valence-electron chi connectivity index (χ1n) is 14.8. The number of benzene rings is 6. The van der Waals surface area contributed by atoms with E-state index in [0.29, 0.717) is 5.82 Å². The number of furan rings is 1. The van der Waals surface area contributed by atoms with Gasteiger partial charge in [0.1, 0.15) is 11.2 Å². The van der Waals surface area contributed by atoms with E-state index in [1.807, 2.05) is 36.4 Å². The smallest absolute Gasteiger partial charge is 0.164 e. The predicted molar refractivity (Wildman–Crippen MR) is 180 cm³/mol. The van der Waals surface area contributed by atoms with Crippen LogP contribution in [-0.2, 0) is 0 Å². The number of rotatable bonds is 4. The van der Waals surface area contributed by atoms with Crippen LogP contribution in [-0.4, -0.2) is 14.5 Å². The van der Waals surface area contributed by atoms with Crippen LogP contribution < -0.4 is 0 Å². The van der Waals surface area contributed by atoms with Gasteiger partial charge in [0.2, 0.25) is 0 Å². The van der Waals surface area contributed by atoms with E-state index in [9.17, 15) is 0 Å². The molecule has 0 radical (unpaired) electrons. The van der Waals surface area contributed by atoms with E-state index in [-0.39, 0.29) is 0 Å². The Morgan fingerprint density at radius 1 is 0.455 bits per heavy atom. The average Bonchev–Trinajstić information content (AvgIpc) is 3.64. The molecule has 0 aliphatic carbocycles. The molecular formula is C40H25N3O. The Kier molecular flexibility index (Phi) is 5.47. The van der Waals surface area contributed by atoms with Gasteiger partial charge in [0.05, 0.1) is 28.0 Å². The van der Waals surface area contributed by atoms with E-state index in [4.69, 9.17) is 14.4 Å². The van der Waals surface area contributed by atoms with E-state index >= 15 is 0 Å². The first-order chi connectivity index (χ1) is 21.8. The van der Waals surface area contributed by atoms with Gasteiger partial charge in [-0.2, -0.15) is 0 Å². The zero-order valence-electron chi connectivity index (χ0n) is 23.7. The SMILES string of the molecule is c1ccc(-c2cc(-c3ccc4c(c3)c3ccccc3n4-c3ccccc3)nc(-c3cccc4c3oc3ccccc34)n2)cc1. The molecule has 4 nitrogen and oxygen atoms in total. The fraction of sp³-hybridized carbons (Fsp3) is 0. The summed E-state index contributed by atoms with van der Waals surface area (Å²) in [5.74, 6) is 0.637. The molecule has 4 heteroatoms. The lowest BCUT2D eigenvalue weighted by molar-refractivity contribution is 0.669. The largest absolute Gasteiger partial charge is 0.455 e. The lowest BCUT2D eigenvalue weighted by Crippen LogP contribution is -1.96. The summed E-state index contributed by atoms with van der Waals surface area (Å²) in [5.41, 5.74) is 9.80. The minimum absolute atomic E-state index is 0.637. The Morgan fingerprint density at radius 2 is 1.11 bits per heavy atom. The van der Waals surface area contributed by atoms with Gasteiger partial charge in [-0.3, -0.25) is 0 Å². The molecule has 0 fully saturated rings. The molecule has 9 rings (SSSR count). The summed E-state index contributed by atoms with van der Waals surface area (Å²) in [7, 11) is 0. The van der Waals surface area contributed by atoms with Crippen LogP contribution in [0, 0.1) is 0 Å².